The van der Waals surface area contributed by atoms with Gasteiger partial charge in [-0.15, -0.1) is 0 Å². The van der Waals surface area contributed by atoms with Gasteiger partial charge in [-0.2, -0.15) is 10.1 Å². The number of aromatic nitrogens is 5. The molecule has 168 valence electrons. The number of methoxy groups -OCH3 is 1. The number of carbonyl (C=O) groups is 1. The molecule has 0 aliphatic rings. The number of nitrogens with zero attached hydrogens (tertiary/aromatic N) is 5. The van der Waals surface area contributed by atoms with Crippen molar-refractivity contribution in [2.45, 2.75) is 0 Å². The van der Waals surface area contributed by atoms with Gasteiger partial charge in [0.15, 0.2) is 11.6 Å². The number of para-hydroxylation sites is 1. The molecule has 0 spiro atoms. The molecule has 4 rings (SSSR count). The van der Waals surface area contributed by atoms with E-state index in [2.05, 4.69) is 36.0 Å². The summed E-state index contributed by atoms with van der Waals surface area (Å²) in [4.78, 5) is 25.4. The standard InChI is InChI=1S/C22H21FN8O2/c1-24-21(32)16-11-25-22(27-14-9-7-13(23)8-10-14)29-20(16)28-17-6-4-5-15(18(17)33-3)19-26-12-31(2)30-19/h4-12H,1-3H3,(H,24,32)(H2,25,27,28,29). The third-order valence-corrected chi connectivity index (χ3v) is 4.67. The minimum absolute atomic E-state index is 0.221. The third-order valence-electron chi connectivity index (χ3n) is 4.67. The molecule has 0 atom stereocenters. The fourth-order valence-corrected chi connectivity index (χ4v) is 3.12. The van der Waals surface area contributed by atoms with Gasteiger partial charge >= 0.3 is 0 Å². The monoisotopic (exact) mass is 448 g/mol. The largest absolute Gasteiger partial charge is 0.494 e. The smallest absolute Gasteiger partial charge is 0.256 e. The van der Waals surface area contributed by atoms with Gasteiger partial charge in [-0.1, -0.05) is 6.07 Å². The molecule has 0 aliphatic carbocycles. The Morgan fingerprint density at radius 3 is 2.55 bits per heavy atom. The molecule has 0 saturated heterocycles. The van der Waals surface area contributed by atoms with Crippen LogP contribution >= 0.6 is 0 Å². The summed E-state index contributed by atoms with van der Waals surface area (Å²) in [6, 6.07) is 11.2. The van der Waals surface area contributed by atoms with Gasteiger partial charge in [0.25, 0.3) is 5.91 Å². The van der Waals surface area contributed by atoms with E-state index in [4.69, 9.17) is 4.74 Å². The third kappa shape index (κ3) is 4.71. The molecule has 0 radical (unpaired) electrons. The molecular formula is C22H21FN8O2. The van der Waals surface area contributed by atoms with Gasteiger partial charge in [0.05, 0.1) is 18.4 Å². The van der Waals surface area contributed by atoms with Gasteiger partial charge in [-0.25, -0.2) is 14.4 Å². The highest BCUT2D eigenvalue weighted by Gasteiger charge is 2.19. The first-order chi connectivity index (χ1) is 16.0. The van der Waals surface area contributed by atoms with E-state index in [1.165, 1.54) is 32.5 Å². The Labute approximate surface area is 188 Å². The first-order valence-corrected chi connectivity index (χ1v) is 9.90. The SMILES string of the molecule is CNC(=O)c1cnc(Nc2ccc(F)cc2)nc1Nc1cccc(-c2ncn(C)n2)c1OC. The first-order valence-electron chi connectivity index (χ1n) is 9.90. The molecular weight excluding hydrogens is 427 g/mol. The second-order valence-corrected chi connectivity index (χ2v) is 6.92. The number of hydrogen-bond donors (Lipinski definition) is 3. The van der Waals surface area contributed by atoms with E-state index in [0.29, 0.717) is 28.5 Å². The maximum Gasteiger partial charge on any atom is 0.256 e. The molecule has 0 bridgehead atoms. The number of nitrogens with one attached hydrogen (secondary N) is 3. The Morgan fingerprint density at radius 1 is 1.09 bits per heavy atom. The second-order valence-electron chi connectivity index (χ2n) is 6.92. The molecule has 1 amide bonds. The summed E-state index contributed by atoms with van der Waals surface area (Å²) in [6.45, 7) is 0. The van der Waals surface area contributed by atoms with Gasteiger partial charge in [-0.3, -0.25) is 9.48 Å². The number of hydrogen-bond acceptors (Lipinski definition) is 8. The number of carbonyl (C=O) groups excluding carboxylic acids is 1. The van der Waals surface area contributed by atoms with Crippen molar-refractivity contribution in [3.05, 3.63) is 66.4 Å². The molecule has 2 aromatic carbocycles. The average molecular weight is 448 g/mol. The van der Waals surface area contributed by atoms with Crippen LogP contribution in [0, 0.1) is 5.82 Å². The van der Waals surface area contributed by atoms with Crippen LogP contribution in [0.15, 0.2) is 55.0 Å². The molecule has 2 aromatic heterocycles. The normalized spacial score (nSPS) is 10.5. The van der Waals surface area contributed by atoms with Crippen LogP contribution < -0.4 is 20.7 Å². The van der Waals surface area contributed by atoms with E-state index in [9.17, 15) is 9.18 Å². The number of amides is 1. The zero-order valence-electron chi connectivity index (χ0n) is 18.1. The summed E-state index contributed by atoms with van der Waals surface area (Å²) >= 11 is 0. The molecule has 11 heteroatoms. The van der Waals surface area contributed by atoms with Crippen molar-refractivity contribution in [3.8, 4) is 17.1 Å². The predicted molar refractivity (Wildman–Crippen MR) is 121 cm³/mol. The van der Waals surface area contributed by atoms with Crippen molar-refractivity contribution in [1.29, 1.82) is 0 Å². The summed E-state index contributed by atoms with van der Waals surface area (Å²) in [6.07, 6.45) is 2.99. The van der Waals surface area contributed by atoms with Crippen molar-refractivity contribution in [2.75, 3.05) is 24.8 Å². The van der Waals surface area contributed by atoms with Gasteiger partial charge < -0.3 is 20.7 Å². The Bertz CT molecular complexity index is 1290. The molecule has 0 aliphatic heterocycles. The summed E-state index contributed by atoms with van der Waals surface area (Å²) in [5.41, 5.74) is 2.05. The van der Waals surface area contributed by atoms with Crippen LogP contribution in [-0.2, 0) is 7.05 Å². The number of rotatable bonds is 7. The second kappa shape index (κ2) is 9.30. The summed E-state index contributed by atoms with van der Waals surface area (Å²) in [7, 11) is 4.83. The molecule has 0 unspecified atom stereocenters. The highest BCUT2D eigenvalue weighted by Crippen LogP contribution is 2.36. The van der Waals surface area contributed by atoms with E-state index in [0.717, 1.165) is 0 Å². The Morgan fingerprint density at radius 2 is 1.88 bits per heavy atom. The fraction of sp³-hybridized carbons (Fsp3) is 0.136. The predicted octanol–water partition coefficient (Wildman–Crippen LogP) is 3.27. The van der Waals surface area contributed by atoms with Gasteiger partial charge in [0.2, 0.25) is 5.95 Å². The first kappa shape index (κ1) is 21.7. The lowest BCUT2D eigenvalue weighted by molar-refractivity contribution is 0.0963. The van der Waals surface area contributed by atoms with Crippen molar-refractivity contribution in [3.63, 3.8) is 0 Å². The Kier molecular flexibility index (Phi) is 6.11. The Hall–Kier alpha value is -4.54. The van der Waals surface area contributed by atoms with Crippen LogP contribution in [0.4, 0.5) is 27.5 Å². The van der Waals surface area contributed by atoms with Crippen LogP contribution in [0.25, 0.3) is 11.4 Å². The molecule has 3 N–H and O–H groups in total. The van der Waals surface area contributed by atoms with Crippen LogP contribution in [0.3, 0.4) is 0 Å². The van der Waals surface area contributed by atoms with E-state index >= 15 is 0 Å². The lowest BCUT2D eigenvalue weighted by Gasteiger charge is -2.16. The van der Waals surface area contributed by atoms with Crippen molar-refractivity contribution < 1.29 is 13.9 Å². The maximum absolute atomic E-state index is 13.2. The van der Waals surface area contributed by atoms with Crippen molar-refractivity contribution in [1.82, 2.24) is 30.0 Å². The summed E-state index contributed by atoms with van der Waals surface area (Å²) in [5, 5.41) is 13.1. The number of ether oxygens (including phenoxy) is 1. The van der Waals surface area contributed by atoms with Gasteiger partial charge in [0, 0.05) is 26.0 Å². The van der Waals surface area contributed by atoms with Gasteiger partial charge in [-0.05, 0) is 36.4 Å². The van der Waals surface area contributed by atoms with Gasteiger partial charge in [0.1, 0.15) is 23.5 Å². The average Bonchev–Trinajstić information content (AvgIpc) is 3.26. The molecule has 4 aromatic rings. The number of aryl methyl sites for hydroxylation is 1. The zero-order valence-corrected chi connectivity index (χ0v) is 18.1. The van der Waals surface area contributed by atoms with Crippen LogP contribution in [0.5, 0.6) is 5.75 Å². The van der Waals surface area contributed by atoms with E-state index < -0.39 is 0 Å². The lowest BCUT2D eigenvalue weighted by atomic mass is 10.1. The summed E-state index contributed by atoms with van der Waals surface area (Å²) in [5.74, 6) is 0.723. The van der Waals surface area contributed by atoms with E-state index in [1.807, 2.05) is 12.1 Å². The molecule has 0 fully saturated rings. The fourth-order valence-electron chi connectivity index (χ4n) is 3.12. The minimum atomic E-state index is -0.368. The van der Waals surface area contributed by atoms with Crippen LogP contribution in [0.2, 0.25) is 0 Å². The highest BCUT2D eigenvalue weighted by atomic mass is 19.1. The molecule has 0 saturated carbocycles. The minimum Gasteiger partial charge on any atom is -0.494 e. The highest BCUT2D eigenvalue weighted by molar-refractivity contribution is 5.99. The molecule has 2 heterocycles. The van der Waals surface area contributed by atoms with Crippen molar-refractivity contribution in [2.24, 2.45) is 7.05 Å². The lowest BCUT2D eigenvalue weighted by Crippen LogP contribution is -2.20. The van der Waals surface area contributed by atoms with Crippen LogP contribution in [-0.4, -0.2) is 44.8 Å². The van der Waals surface area contributed by atoms with Crippen LogP contribution in [0.1, 0.15) is 10.4 Å². The topological polar surface area (TPSA) is 119 Å². The number of anilines is 4. The molecule has 33 heavy (non-hydrogen) atoms. The maximum atomic E-state index is 13.2. The summed E-state index contributed by atoms with van der Waals surface area (Å²) < 4.78 is 20.4. The molecule has 10 nitrogen and oxygen atoms in total. The number of halogens is 1. The zero-order chi connectivity index (χ0) is 23.4. The van der Waals surface area contributed by atoms with E-state index in [-0.39, 0.29) is 29.1 Å². The number of benzene rings is 2. The quantitative estimate of drug-likeness (QED) is 0.394. The van der Waals surface area contributed by atoms with Crippen molar-refractivity contribution >= 4 is 29.0 Å². The Balaban J connectivity index is 1.73. The van der Waals surface area contributed by atoms with E-state index in [1.54, 1.807) is 36.3 Å².